The number of fused-ring (bicyclic) bond motifs is 2. The van der Waals surface area contributed by atoms with Crippen molar-refractivity contribution in [3.63, 3.8) is 0 Å². The van der Waals surface area contributed by atoms with Crippen LogP contribution >= 0.6 is 0 Å². The number of nitrogens with zero attached hydrogens (tertiary/aromatic N) is 2. The summed E-state index contributed by atoms with van der Waals surface area (Å²) in [6.07, 6.45) is -8.60. The highest BCUT2D eigenvalue weighted by Crippen LogP contribution is 2.26. The average Bonchev–Trinajstić information content (AvgIpc) is 3.40. The van der Waals surface area contributed by atoms with E-state index < -0.39 is 157 Å². The molecule has 26 heteroatoms. The van der Waals surface area contributed by atoms with Gasteiger partial charge in [0.15, 0.2) is 6.10 Å². The zero-order chi connectivity index (χ0) is 59.0. The number of cyclic esters (lactones) is 1. The average molecular weight is 1110 g/mol. The molecule has 1 unspecified atom stereocenters. The molecule has 0 radical (unpaired) electrons. The lowest BCUT2D eigenvalue weighted by Gasteiger charge is -2.43. The van der Waals surface area contributed by atoms with Gasteiger partial charge in [-0.05, 0) is 99.6 Å². The molecular formula is C53H77N9O17. The Morgan fingerprint density at radius 1 is 0.772 bits per heavy atom. The van der Waals surface area contributed by atoms with E-state index in [2.05, 4.69) is 31.9 Å². The van der Waals surface area contributed by atoms with E-state index in [9.17, 15) is 78.6 Å². The number of carbonyl (C=O) groups is 10. The van der Waals surface area contributed by atoms with Crippen molar-refractivity contribution < 1.29 is 83.3 Å². The number of carbonyl (C=O) groups excluding carboxylic acids is 10. The Hall–Kier alpha value is -7.42. The van der Waals surface area contributed by atoms with Crippen molar-refractivity contribution in [2.45, 2.75) is 172 Å². The molecule has 2 aliphatic rings. The van der Waals surface area contributed by atoms with Crippen LogP contribution in [0.25, 0.3) is 0 Å². The molecule has 4 rings (SSSR count). The molecule has 26 nitrogen and oxygen atoms in total. The first-order valence-corrected chi connectivity index (χ1v) is 26.3. The van der Waals surface area contributed by atoms with Crippen molar-refractivity contribution in [2.24, 2.45) is 17.6 Å². The number of aromatic hydroxyl groups is 2. The van der Waals surface area contributed by atoms with Crippen LogP contribution in [0.15, 0.2) is 48.5 Å². The second-order valence-electron chi connectivity index (χ2n) is 20.6. The Kier molecular flexibility index (Phi) is 24.0. The van der Waals surface area contributed by atoms with Crippen LogP contribution in [-0.4, -0.2) is 186 Å². The number of amides is 9. The molecule has 436 valence electrons. The zero-order valence-electron chi connectivity index (χ0n) is 45.4. The number of hydrogen-bond acceptors (Lipinski definition) is 17. The Morgan fingerprint density at radius 3 is 1.91 bits per heavy atom. The number of benzene rings is 2. The number of piperidine rings is 1. The van der Waals surface area contributed by atoms with Crippen LogP contribution in [0, 0.1) is 11.8 Å². The van der Waals surface area contributed by atoms with Crippen molar-refractivity contribution in [1.82, 2.24) is 41.7 Å². The molecule has 0 aliphatic carbocycles. The minimum absolute atomic E-state index is 0.0484. The lowest BCUT2D eigenvalue weighted by Crippen LogP contribution is -2.67. The monoisotopic (exact) mass is 1110 g/mol. The van der Waals surface area contributed by atoms with Crippen LogP contribution in [0.2, 0.25) is 0 Å². The van der Waals surface area contributed by atoms with E-state index in [0.717, 1.165) is 9.80 Å². The summed E-state index contributed by atoms with van der Waals surface area (Å²) in [7, 11) is 1.22. The maximum atomic E-state index is 14.8. The third-order valence-corrected chi connectivity index (χ3v) is 13.9. The molecule has 2 aromatic rings. The number of primary amides is 1. The number of ether oxygens (including phenoxy) is 1. The van der Waals surface area contributed by atoms with Gasteiger partial charge in [0.25, 0.3) is 5.91 Å². The van der Waals surface area contributed by atoms with E-state index in [1.165, 1.54) is 57.3 Å². The lowest BCUT2D eigenvalue weighted by molar-refractivity contribution is -0.170. The molecule has 13 atom stereocenters. The molecule has 2 aromatic carbocycles. The number of likely N-dealkylation sites (N-methyl/N-ethyl adjacent to an activating group) is 1. The predicted molar refractivity (Wildman–Crippen MR) is 280 cm³/mol. The summed E-state index contributed by atoms with van der Waals surface area (Å²) >= 11 is 0. The summed E-state index contributed by atoms with van der Waals surface area (Å²) in [5.74, 6) is -11.7. The second-order valence-corrected chi connectivity index (χ2v) is 20.6. The summed E-state index contributed by atoms with van der Waals surface area (Å²) < 4.78 is 5.91. The highest BCUT2D eigenvalue weighted by molar-refractivity contribution is 5.99. The van der Waals surface area contributed by atoms with Gasteiger partial charge in [-0.3, -0.25) is 43.2 Å². The molecule has 0 saturated carbocycles. The fourth-order valence-electron chi connectivity index (χ4n) is 9.09. The van der Waals surface area contributed by atoms with E-state index in [0.29, 0.717) is 11.1 Å². The van der Waals surface area contributed by atoms with E-state index in [1.807, 2.05) is 0 Å². The van der Waals surface area contributed by atoms with Crippen molar-refractivity contribution >= 4 is 59.1 Å². The fourth-order valence-corrected chi connectivity index (χ4v) is 9.09. The molecule has 79 heavy (non-hydrogen) atoms. The number of nitrogens with one attached hydrogen (secondary N) is 6. The predicted octanol–water partition coefficient (Wildman–Crippen LogP) is -2.64. The lowest BCUT2D eigenvalue weighted by atomic mass is 9.95. The van der Waals surface area contributed by atoms with Gasteiger partial charge in [0.2, 0.25) is 47.3 Å². The van der Waals surface area contributed by atoms with Gasteiger partial charge < -0.3 is 82.8 Å². The number of rotatable bonds is 20. The minimum atomic E-state index is -1.96. The first-order valence-electron chi connectivity index (χ1n) is 26.3. The topological polar surface area (TPSA) is 406 Å². The second kappa shape index (κ2) is 29.5. The van der Waals surface area contributed by atoms with Crippen LogP contribution in [0.3, 0.4) is 0 Å². The summed E-state index contributed by atoms with van der Waals surface area (Å²) in [5, 5.41) is 76.9. The molecule has 2 bridgehead atoms. The number of aliphatic hydroxyl groups excluding tert-OH is 4. The molecule has 2 saturated heterocycles. The van der Waals surface area contributed by atoms with Gasteiger partial charge in [0.1, 0.15) is 72.2 Å². The van der Waals surface area contributed by atoms with Gasteiger partial charge in [-0.1, -0.05) is 58.4 Å². The fraction of sp³-hybridized carbons (Fsp3) is 0.585. The number of phenolic OH excluding ortho intramolecular Hbond substituents is 2. The molecule has 2 fully saturated rings. The molecule has 0 aromatic heterocycles. The van der Waals surface area contributed by atoms with Crippen molar-refractivity contribution in [3.05, 3.63) is 59.7 Å². The third-order valence-electron chi connectivity index (χ3n) is 13.9. The Bertz CT molecular complexity index is 2480. The van der Waals surface area contributed by atoms with E-state index in [1.54, 1.807) is 39.8 Å². The standard InChI is InChI=1S/C53H77N9O17/c1-8-27(4)42-53(78)79-29(6)43(60-46(71)35(19-21-40(54)68)55-45(70)34(56-49(74)39(67)25-63)18-13-30-9-14-32(65)15-10-30)50(75)58-37(23-26(2)3)47(72)57-36-20-22-41(69)62(51(36)76)44(28(5)64)52(77)61(7)38(48(73)59-42)24-31-11-16-33(66)17-12-31/h9-12,14-17,26-29,34-39,41-44,63-67,69H,8,13,18-25H2,1-7H3,(H2,54,68)(H,55,70)(H,56,74)(H,57,72)(H,58,75)(H,59,73)(H,60,71)/t27-,28-,29-,34+,35?,36-,37+,38+,39-,41-,42+,43+,44+/m1/s1. The number of aliphatic hydroxyl groups is 4. The summed E-state index contributed by atoms with van der Waals surface area (Å²) in [6, 6.07) is -1.54. The zero-order valence-corrected chi connectivity index (χ0v) is 45.4. The van der Waals surface area contributed by atoms with Crippen LogP contribution in [-0.2, 0) is 65.5 Å². The number of phenols is 2. The van der Waals surface area contributed by atoms with Gasteiger partial charge in [0, 0.05) is 19.9 Å². The third kappa shape index (κ3) is 18.1. The van der Waals surface area contributed by atoms with Crippen LogP contribution < -0.4 is 37.6 Å². The number of nitrogens with two attached hydrogens (primary N) is 1. The maximum Gasteiger partial charge on any atom is 0.329 e. The summed E-state index contributed by atoms with van der Waals surface area (Å²) in [6.45, 7) is 8.12. The summed E-state index contributed by atoms with van der Waals surface area (Å²) in [5.41, 5.74) is 6.48. The van der Waals surface area contributed by atoms with E-state index in [-0.39, 0.29) is 62.4 Å². The Balaban J connectivity index is 1.84. The SMILES string of the molecule is CC[C@@H](C)[C@@H]1NC(=O)[C@H](Cc2ccc(O)cc2)N(C)C(=O)[C@H]([C@@H](C)O)N2C(=O)[C@@H](CC[C@H]2O)NC(=O)[C@H](CC(C)C)NC(=O)[C@@H](NC(=O)C(CCC(N)=O)NC(=O)[C@H](CCc2ccc(O)cc2)NC(=O)[C@H](O)CO)[C@@H](C)OC1=O. The van der Waals surface area contributed by atoms with E-state index >= 15 is 0 Å². The first-order chi connectivity index (χ1) is 37.2. The van der Waals surface area contributed by atoms with Crippen LogP contribution in [0.5, 0.6) is 11.5 Å². The van der Waals surface area contributed by atoms with Gasteiger partial charge in [0.05, 0.1) is 12.7 Å². The van der Waals surface area contributed by atoms with Gasteiger partial charge in [-0.25, -0.2) is 4.79 Å². The molecule has 0 spiro atoms. The van der Waals surface area contributed by atoms with Crippen molar-refractivity contribution in [2.75, 3.05) is 13.7 Å². The number of esters is 1. The van der Waals surface area contributed by atoms with Gasteiger partial charge in [-0.2, -0.15) is 0 Å². The molecule has 9 amide bonds. The van der Waals surface area contributed by atoms with E-state index in [4.69, 9.17) is 10.5 Å². The van der Waals surface area contributed by atoms with Crippen LogP contribution in [0.4, 0.5) is 0 Å². The highest BCUT2D eigenvalue weighted by Gasteiger charge is 2.47. The largest absolute Gasteiger partial charge is 0.508 e. The first kappa shape index (κ1) is 64.1. The van der Waals surface area contributed by atoms with Gasteiger partial charge in [-0.15, -0.1) is 0 Å². The van der Waals surface area contributed by atoms with Crippen LogP contribution in [0.1, 0.15) is 97.6 Å². The molecule has 2 aliphatic heterocycles. The summed E-state index contributed by atoms with van der Waals surface area (Å²) in [4.78, 5) is 143. The minimum Gasteiger partial charge on any atom is -0.508 e. The number of aryl methyl sites for hydroxylation is 1. The quantitative estimate of drug-likeness (QED) is 0.0603. The van der Waals surface area contributed by atoms with Crippen molar-refractivity contribution in [3.8, 4) is 11.5 Å². The van der Waals surface area contributed by atoms with Gasteiger partial charge >= 0.3 is 5.97 Å². The Morgan fingerprint density at radius 2 is 1.35 bits per heavy atom. The smallest absolute Gasteiger partial charge is 0.329 e. The Labute approximate surface area is 457 Å². The number of hydrogen-bond donors (Lipinski definition) is 13. The highest BCUT2D eigenvalue weighted by atomic mass is 16.5. The maximum absolute atomic E-state index is 14.8. The molecular weight excluding hydrogens is 1030 g/mol. The van der Waals surface area contributed by atoms with Crippen molar-refractivity contribution in [1.29, 1.82) is 0 Å². The normalized spacial score (nSPS) is 24.7. The molecule has 2 heterocycles. The molecule has 14 N–H and O–H groups in total.